The van der Waals surface area contributed by atoms with Gasteiger partial charge >= 0.3 is 17.8 Å². The Morgan fingerprint density at radius 2 is 1.61 bits per heavy atom. The third kappa shape index (κ3) is 5.45. The molecule has 0 saturated carbocycles. The lowest BCUT2D eigenvalue weighted by atomic mass is 10.2. The highest BCUT2D eigenvalue weighted by Gasteiger charge is 2.14. The number of nitrogens with zero attached hydrogens (tertiary/aromatic N) is 2. The molecule has 0 aliphatic carbocycles. The van der Waals surface area contributed by atoms with Gasteiger partial charge in [-0.15, -0.1) is 0 Å². The van der Waals surface area contributed by atoms with Crippen molar-refractivity contribution in [2.24, 2.45) is 5.10 Å². The highest BCUT2D eigenvalue weighted by atomic mass is 16.5. The second-order valence-electron chi connectivity index (χ2n) is 7.08. The van der Waals surface area contributed by atoms with Gasteiger partial charge < -0.3 is 19.4 Å². The zero-order valence-corrected chi connectivity index (χ0v) is 18.7. The van der Waals surface area contributed by atoms with E-state index in [9.17, 15) is 14.4 Å². The van der Waals surface area contributed by atoms with Gasteiger partial charge in [0, 0.05) is 28.3 Å². The largest absolute Gasteiger partial charge is 0.497 e. The Bertz CT molecular complexity index is 1190. The third-order valence-electron chi connectivity index (χ3n) is 4.94. The molecule has 170 valence electrons. The number of carbonyl (C=O) groups excluding carboxylic acids is 3. The van der Waals surface area contributed by atoms with Crippen LogP contribution in [-0.2, 0) is 14.3 Å². The highest BCUT2D eigenvalue weighted by Crippen LogP contribution is 2.22. The van der Waals surface area contributed by atoms with Crippen molar-refractivity contribution >= 4 is 29.7 Å². The van der Waals surface area contributed by atoms with E-state index in [0.717, 1.165) is 28.4 Å². The molecule has 0 aliphatic rings. The number of hydrazone groups is 1. The summed E-state index contributed by atoms with van der Waals surface area (Å²) in [5.41, 5.74) is 6.57. The van der Waals surface area contributed by atoms with Gasteiger partial charge in [0.2, 0.25) is 0 Å². The second kappa shape index (κ2) is 10.3. The number of methoxy groups -OCH3 is 2. The second-order valence-corrected chi connectivity index (χ2v) is 7.08. The van der Waals surface area contributed by atoms with Crippen molar-refractivity contribution in [1.29, 1.82) is 0 Å². The maximum Gasteiger partial charge on any atom is 0.337 e. The van der Waals surface area contributed by atoms with E-state index in [-0.39, 0.29) is 0 Å². The van der Waals surface area contributed by atoms with E-state index in [1.807, 2.05) is 48.7 Å². The van der Waals surface area contributed by atoms with Crippen molar-refractivity contribution in [3.8, 4) is 11.4 Å². The summed E-state index contributed by atoms with van der Waals surface area (Å²) in [6.45, 7) is 3.90. The Hall–Kier alpha value is -4.40. The van der Waals surface area contributed by atoms with Gasteiger partial charge in [-0.25, -0.2) is 10.2 Å². The van der Waals surface area contributed by atoms with Crippen molar-refractivity contribution in [3.63, 3.8) is 0 Å². The molecule has 0 saturated heterocycles. The van der Waals surface area contributed by atoms with Crippen LogP contribution in [-0.4, -0.2) is 42.8 Å². The first-order valence-corrected chi connectivity index (χ1v) is 10.00. The monoisotopic (exact) mass is 448 g/mol. The summed E-state index contributed by atoms with van der Waals surface area (Å²) in [5.74, 6) is -1.54. The number of aryl methyl sites for hydroxylation is 1. The predicted molar refractivity (Wildman–Crippen MR) is 124 cm³/mol. The Kier molecular flexibility index (Phi) is 7.24. The Balaban J connectivity index is 1.63. The molecule has 0 spiro atoms. The Morgan fingerprint density at radius 1 is 0.939 bits per heavy atom. The van der Waals surface area contributed by atoms with Gasteiger partial charge in [-0.3, -0.25) is 9.59 Å². The fourth-order valence-electron chi connectivity index (χ4n) is 3.25. The number of benzene rings is 2. The number of anilines is 1. The first-order valence-electron chi connectivity index (χ1n) is 10.00. The molecule has 0 radical (unpaired) electrons. The van der Waals surface area contributed by atoms with Crippen LogP contribution in [0.4, 0.5) is 5.69 Å². The van der Waals surface area contributed by atoms with Crippen LogP contribution in [0, 0.1) is 13.8 Å². The SMILES string of the molecule is COC(=O)c1ccc(NC(=O)C(=O)N/N=C/c2cc(C)n(-c3ccc(OC)cc3)c2C)cc1. The zero-order valence-electron chi connectivity index (χ0n) is 18.7. The van der Waals surface area contributed by atoms with Crippen molar-refractivity contribution < 1.29 is 23.9 Å². The van der Waals surface area contributed by atoms with Crippen LogP contribution in [0.1, 0.15) is 27.3 Å². The number of hydrogen-bond donors (Lipinski definition) is 2. The molecule has 2 aromatic carbocycles. The molecule has 0 unspecified atom stereocenters. The summed E-state index contributed by atoms with van der Waals surface area (Å²) in [5, 5.41) is 6.35. The minimum Gasteiger partial charge on any atom is -0.497 e. The number of esters is 1. The van der Waals surface area contributed by atoms with Crippen molar-refractivity contribution in [2.45, 2.75) is 13.8 Å². The summed E-state index contributed by atoms with van der Waals surface area (Å²) in [4.78, 5) is 35.6. The minimum absolute atomic E-state index is 0.330. The predicted octanol–water partition coefficient (Wildman–Crippen LogP) is 2.98. The van der Waals surface area contributed by atoms with Crippen LogP contribution >= 0.6 is 0 Å². The quantitative estimate of drug-likeness (QED) is 0.261. The standard InChI is InChI=1S/C24H24N4O5/c1-15-13-18(16(2)28(15)20-9-11-21(32-3)12-10-20)14-25-27-23(30)22(29)26-19-7-5-17(6-8-19)24(31)33-4/h5-14H,1-4H3,(H,26,29)(H,27,30)/b25-14+. The summed E-state index contributed by atoms with van der Waals surface area (Å²) < 4.78 is 11.9. The summed E-state index contributed by atoms with van der Waals surface area (Å²) in [7, 11) is 2.89. The number of carbonyl (C=O) groups is 3. The third-order valence-corrected chi connectivity index (χ3v) is 4.94. The lowest BCUT2D eigenvalue weighted by Gasteiger charge is -2.10. The fraction of sp³-hybridized carbons (Fsp3) is 0.167. The van der Waals surface area contributed by atoms with Crippen molar-refractivity contribution in [2.75, 3.05) is 19.5 Å². The van der Waals surface area contributed by atoms with Crippen LogP contribution in [0.5, 0.6) is 5.75 Å². The average molecular weight is 448 g/mol. The zero-order chi connectivity index (χ0) is 24.0. The maximum absolute atomic E-state index is 12.1. The molecule has 0 aliphatic heterocycles. The molecule has 9 nitrogen and oxygen atoms in total. The molecule has 9 heteroatoms. The van der Waals surface area contributed by atoms with Gasteiger partial charge in [-0.1, -0.05) is 0 Å². The average Bonchev–Trinajstić information content (AvgIpc) is 3.11. The van der Waals surface area contributed by atoms with E-state index in [2.05, 4.69) is 20.6 Å². The highest BCUT2D eigenvalue weighted by molar-refractivity contribution is 6.39. The molecule has 0 bridgehead atoms. The molecular formula is C24H24N4O5. The number of aromatic nitrogens is 1. The molecular weight excluding hydrogens is 424 g/mol. The van der Waals surface area contributed by atoms with Crippen LogP contribution in [0.15, 0.2) is 59.7 Å². The molecule has 33 heavy (non-hydrogen) atoms. The molecule has 2 N–H and O–H groups in total. The van der Waals surface area contributed by atoms with Crippen LogP contribution in [0.3, 0.4) is 0 Å². The topological polar surface area (TPSA) is 111 Å². The van der Waals surface area contributed by atoms with E-state index < -0.39 is 17.8 Å². The van der Waals surface area contributed by atoms with E-state index in [4.69, 9.17) is 4.74 Å². The Morgan fingerprint density at radius 3 is 2.21 bits per heavy atom. The minimum atomic E-state index is -0.924. The van der Waals surface area contributed by atoms with Gasteiger partial charge in [0.15, 0.2) is 0 Å². The van der Waals surface area contributed by atoms with Gasteiger partial charge in [-0.2, -0.15) is 5.10 Å². The lowest BCUT2D eigenvalue weighted by Crippen LogP contribution is -2.32. The smallest absolute Gasteiger partial charge is 0.337 e. The fourth-order valence-corrected chi connectivity index (χ4v) is 3.25. The molecule has 1 aromatic heterocycles. The van der Waals surface area contributed by atoms with E-state index in [1.54, 1.807) is 7.11 Å². The summed E-state index contributed by atoms with van der Waals surface area (Å²) in [6, 6.07) is 15.5. The number of nitrogens with one attached hydrogen (secondary N) is 2. The van der Waals surface area contributed by atoms with E-state index in [1.165, 1.54) is 37.6 Å². The molecule has 3 rings (SSSR count). The number of hydrogen-bond acceptors (Lipinski definition) is 6. The molecule has 2 amide bonds. The lowest BCUT2D eigenvalue weighted by molar-refractivity contribution is -0.136. The first kappa shape index (κ1) is 23.3. The number of rotatable bonds is 6. The molecule has 0 atom stereocenters. The normalized spacial score (nSPS) is 10.7. The van der Waals surface area contributed by atoms with Crippen LogP contribution < -0.4 is 15.5 Å². The van der Waals surface area contributed by atoms with Crippen LogP contribution in [0.2, 0.25) is 0 Å². The van der Waals surface area contributed by atoms with E-state index >= 15 is 0 Å². The maximum atomic E-state index is 12.1. The Labute approximate surface area is 191 Å². The van der Waals surface area contributed by atoms with Gasteiger partial charge in [0.05, 0.1) is 26.0 Å². The van der Waals surface area contributed by atoms with Gasteiger partial charge in [-0.05, 0) is 68.4 Å². The van der Waals surface area contributed by atoms with Crippen molar-refractivity contribution in [1.82, 2.24) is 9.99 Å². The summed E-state index contributed by atoms with van der Waals surface area (Å²) in [6.07, 6.45) is 1.48. The first-order chi connectivity index (χ1) is 15.8. The summed E-state index contributed by atoms with van der Waals surface area (Å²) >= 11 is 0. The van der Waals surface area contributed by atoms with Crippen molar-refractivity contribution in [3.05, 3.63) is 77.1 Å². The molecule has 0 fully saturated rings. The van der Waals surface area contributed by atoms with E-state index in [0.29, 0.717) is 11.3 Å². The molecule has 1 heterocycles. The van der Waals surface area contributed by atoms with Crippen LogP contribution in [0.25, 0.3) is 5.69 Å². The number of ether oxygens (including phenoxy) is 2. The number of amides is 2. The molecule has 3 aromatic rings. The van der Waals surface area contributed by atoms with Gasteiger partial charge in [0.1, 0.15) is 5.75 Å². The van der Waals surface area contributed by atoms with Gasteiger partial charge in [0.25, 0.3) is 0 Å².